The third-order valence-corrected chi connectivity index (χ3v) is 7.78. The van der Waals surface area contributed by atoms with Gasteiger partial charge in [0, 0.05) is 24.5 Å². The maximum Gasteiger partial charge on any atom is 0.263 e. The lowest BCUT2D eigenvalue weighted by atomic mass is 10.1. The molecule has 2 aromatic heterocycles. The zero-order valence-corrected chi connectivity index (χ0v) is 17.9. The number of hydrogen-bond acceptors (Lipinski definition) is 5. The number of likely N-dealkylation sites (tertiary alicyclic amines) is 1. The first-order valence-corrected chi connectivity index (χ1v) is 12.1. The first kappa shape index (κ1) is 19.7. The Morgan fingerprint density at radius 1 is 1.14 bits per heavy atom. The second-order valence-corrected chi connectivity index (χ2v) is 9.60. The molecule has 3 heterocycles. The van der Waals surface area contributed by atoms with E-state index in [9.17, 15) is 9.59 Å². The molecule has 1 saturated heterocycles. The molecule has 0 N–H and O–H groups in total. The molecule has 0 aromatic carbocycles. The summed E-state index contributed by atoms with van der Waals surface area (Å²) in [4.78, 5) is 34.8. The van der Waals surface area contributed by atoms with Crippen LogP contribution in [0.4, 0.5) is 0 Å². The number of thiophene rings is 1. The van der Waals surface area contributed by atoms with Crippen LogP contribution in [0.2, 0.25) is 0 Å². The predicted molar refractivity (Wildman–Crippen MR) is 116 cm³/mol. The average Bonchev–Trinajstić information content (AvgIpc) is 3.23. The summed E-state index contributed by atoms with van der Waals surface area (Å²) >= 11 is 3.04. The van der Waals surface area contributed by atoms with Gasteiger partial charge in [-0.05, 0) is 37.7 Å². The normalized spacial score (nSPS) is 17.4. The maximum absolute atomic E-state index is 13.2. The maximum atomic E-state index is 13.2. The highest BCUT2D eigenvalue weighted by Crippen LogP contribution is 2.35. The van der Waals surface area contributed by atoms with Gasteiger partial charge in [-0.15, -0.1) is 17.9 Å². The number of hydrogen-bond donors (Lipinski definition) is 0. The summed E-state index contributed by atoms with van der Waals surface area (Å²) in [7, 11) is 0. The zero-order valence-electron chi connectivity index (χ0n) is 16.2. The van der Waals surface area contributed by atoms with Crippen LogP contribution in [-0.2, 0) is 24.2 Å². The molecular formula is C21H27N3O2S2. The minimum atomic E-state index is 0.0190. The number of carbonyl (C=O) groups is 1. The van der Waals surface area contributed by atoms with E-state index in [0.29, 0.717) is 17.5 Å². The van der Waals surface area contributed by atoms with Crippen molar-refractivity contribution < 1.29 is 4.79 Å². The number of nitrogens with zero attached hydrogens (tertiary/aromatic N) is 3. The lowest BCUT2D eigenvalue weighted by Crippen LogP contribution is -2.35. The highest BCUT2D eigenvalue weighted by atomic mass is 32.2. The van der Waals surface area contributed by atoms with Crippen LogP contribution >= 0.6 is 23.1 Å². The van der Waals surface area contributed by atoms with Crippen molar-refractivity contribution in [2.45, 2.75) is 63.1 Å². The van der Waals surface area contributed by atoms with Gasteiger partial charge in [0.1, 0.15) is 4.83 Å². The minimum Gasteiger partial charge on any atom is -0.342 e. The van der Waals surface area contributed by atoms with E-state index in [1.54, 1.807) is 22.0 Å². The summed E-state index contributed by atoms with van der Waals surface area (Å²) in [6.45, 7) is 5.92. The molecule has 150 valence electrons. The van der Waals surface area contributed by atoms with Crippen molar-refractivity contribution in [3.63, 3.8) is 0 Å². The number of carbonyl (C=O) groups excluding carboxylic acids is 1. The summed E-state index contributed by atoms with van der Waals surface area (Å²) in [5.74, 6) is 0.486. The lowest BCUT2D eigenvalue weighted by Gasteiger charge is -2.24. The second-order valence-electron chi connectivity index (χ2n) is 7.57. The van der Waals surface area contributed by atoms with E-state index >= 15 is 0 Å². The third kappa shape index (κ3) is 3.92. The Balaban J connectivity index is 1.57. The van der Waals surface area contributed by atoms with Crippen LogP contribution in [0, 0.1) is 0 Å². The van der Waals surface area contributed by atoms with Crippen LogP contribution in [0.25, 0.3) is 10.2 Å². The Morgan fingerprint density at radius 2 is 1.89 bits per heavy atom. The van der Waals surface area contributed by atoms with Crippen LogP contribution in [0.3, 0.4) is 0 Å². The van der Waals surface area contributed by atoms with Crippen LogP contribution in [0.15, 0.2) is 22.6 Å². The van der Waals surface area contributed by atoms with E-state index in [4.69, 9.17) is 4.98 Å². The van der Waals surface area contributed by atoms with E-state index in [1.165, 1.54) is 41.5 Å². The Morgan fingerprint density at radius 3 is 2.64 bits per heavy atom. The monoisotopic (exact) mass is 417 g/mol. The lowest BCUT2D eigenvalue weighted by molar-refractivity contribution is -0.128. The van der Waals surface area contributed by atoms with Crippen molar-refractivity contribution in [2.24, 2.45) is 0 Å². The molecule has 28 heavy (non-hydrogen) atoms. The molecule has 0 bridgehead atoms. The molecule has 1 aliphatic carbocycles. The average molecular weight is 418 g/mol. The molecule has 1 aliphatic heterocycles. The van der Waals surface area contributed by atoms with E-state index in [1.807, 2.05) is 4.90 Å². The Labute approximate surface area is 173 Å². The molecular weight excluding hydrogens is 390 g/mol. The summed E-state index contributed by atoms with van der Waals surface area (Å²) in [5.41, 5.74) is 1.22. The van der Waals surface area contributed by atoms with Gasteiger partial charge < -0.3 is 4.90 Å². The standard InChI is InChI=1S/C21H27N3O2S2/c1-2-11-24-20(26)18-15-9-8-10-16(15)28-19(18)22-21(24)27-14-17(25)23-12-6-4-3-5-7-13-23/h2H,1,3-14H2. The molecule has 1 amide bonds. The van der Waals surface area contributed by atoms with Gasteiger partial charge in [-0.2, -0.15) is 0 Å². The van der Waals surface area contributed by atoms with Crippen molar-refractivity contribution in [1.82, 2.24) is 14.5 Å². The van der Waals surface area contributed by atoms with Crippen LogP contribution in [-0.4, -0.2) is 39.2 Å². The summed E-state index contributed by atoms with van der Waals surface area (Å²) in [6.07, 6.45) is 10.7. The fourth-order valence-corrected chi connectivity index (χ4v) is 6.39. The van der Waals surface area contributed by atoms with Gasteiger partial charge in [-0.1, -0.05) is 37.1 Å². The number of thioether (sulfide) groups is 1. The van der Waals surface area contributed by atoms with Crippen LogP contribution in [0.1, 0.15) is 49.0 Å². The second kappa shape index (κ2) is 8.82. The van der Waals surface area contributed by atoms with Crippen molar-refractivity contribution >= 4 is 39.2 Å². The van der Waals surface area contributed by atoms with Gasteiger partial charge in [-0.3, -0.25) is 14.2 Å². The Hall–Kier alpha value is -1.60. The Kier molecular flexibility index (Phi) is 6.21. The number of aromatic nitrogens is 2. The molecule has 2 aromatic rings. The van der Waals surface area contributed by atoms with Crippen molar-refractivity contribution in [1.29, 1.82) is 0 Å². The molecule has 0 atom stereocenters. The molecule has 7 heteroatoms. The fourth-order valence-electron chi connectivity index (χ4n) is 4.17. The summed E-state index contributed by atoms with van der Waals surface area (Å²) < 4.78 is 1.69. The number of amides is 1. The number of rotatable bonds is 5. The first-order valence-electron chi connectivity index (χ1n) is 10.3. The zero-order chi connectivity index (χ0) is 19.5. The van der Waals surface area contributed by atoms with Gasteiger partial charge >= 0.3 is 0 Å². The largest absolute Gasteiger partial charge is 0.342 e. The van der Waals surface area contributed by atoms with E-state index in [0.717, 1.165) is 55.4 Å². The smallest absolute Gasteiger partial charge is 0.263 e. The Bertz CT molecular complexity index is 939. The molecule has 4 rings (SSSR count). The number of allylic oxidation sites excluding steroid dienone is 1. The third-order valence-electron chi connectivity index (χ3n) is 5.64. The molecule has 0 unspecified atom stereocenters. The topological polar surface area (TPSA) is 55.2 Å². The van der Waals surface area contributed by atoms with Gasteiger partial charge in [0.05, 0.1) is 11.1 Å². The molecule has 0 spiro atoms. The van der Waals surface area contributed by atoms with Crippen LogP contribution in [0.5, 0.6) is 0 Å². The molecule has 2 aliphatic rings. The van der Waals surface area contributed by atoms with Crippen LogP contribution < -0.4 is 5.56 Å². The molecule has 1 fully saturated rings. The fraction of sp³-hybridized carbons (Fsp3) is 0.571. The predicted octanol–water partition coefficient (Wildman–Crippen LogP) is 4.02. The van der Waals surface area contributed by atoms with E-state index in [2.05, 4.69) is 6.58 Å². The molecule has 5 nitrogen and oxygen atoms in total. The number of aryl methyl sites for hydroxylation is 2. The van der Waals surface area contributed by atoms with Crippen molar-refractivity contribution in [2.75, 3.05) is 18.8 Å². The van der Waals surface area contributed by atoms with E-state index in [-0.39, 0.29) is 11.5 Å². The molecule has 0 saturated carbocycles. The van der Waals surface area contributed by atoms with Gasteiger partial charge in [0.15, 0.2) is 5.16 Å². The van der Waals surface area contributed by atoms with Crippen molar-refractivity contribution in [3.05, 3.63) is 33.4 Å². The highest BCUT2D eigenvalue weighted by Gasteiger charge is 2.24. The minimum absolute atomic E-state index is 0.0190. The van der Waals surface area contributed by atoms with Crippen molar-refractivity contribution in [3.8, 4) is 0 Å². The molecule has 0 radical (unpaired) electrons. The SMILES string of the molecule is C=CCn1c(SCC(=O)N2CCCCCCC2)nc2sc3c(c2c1=O)CCC3. The van der Waals surface area contributed by atoms with E-state index < -0.39 is 0 Å². The van der Waals surface area contributed by atoms with Gasteiger partial charge in [-0.25, -0.2) is 4.98 Å². The van der Waals surface area contributed by atoms with Gasteiger partial charge in [0.25, 0.3) is 5.56 Å². The quantitative estimate of drug-likeness (QED) is 0.419. The first-order chi connectivity index (χ1) is 13.7. The van der Waals surface area contributed by atoms with Gasteiger partial charge in [0.2, 0.25) is 5.91 Å². The summed E-state index contributed by atoms with van der Waals surface area (Å²) in [5, 5.41) is 1.43. The summed E-state index contributed by atoms with van der Waals surface area (Å²) in [6, 6.07) is 0. The highest BCUT2D eigenvalue weighted by molar-refractivity contribution is 7.99. The number of fused-ring (bicyclic) bond motifs is 3.